The number of urea groups is 1. The maximum atomic E-state index is 13.0. The molecule has 164 valence electrons. The van der Waals surface area contributed by atoms with Crippen molar-refractivity contribution in [3.8, 4) is 11.3 Å². The lowest BCUT2D eigenvalue weighted by Gasteiger charge is -2.32. The Kier molecular flexibility index (Phi) is 5.26. The van der Waals surface area contributed by atoms with Crippen LogP contribution in [0.5, 0.6) is 0 Å². The molecule has 1 aromatic carbocycles. The standard InChI is InChI=1S/C24H26N6O2/c1-28(2)20-10-8-19(9-11-20)26-24(31)29-12-5-6-17(15-29)23-27-22(18-14-25-32-16-18)21-7-3-4-13-30(21)23/h3-4,7-11,13-14,16-17H,5-6,12,15H2,1-2H3,(H,26,31)/t17-/m1/s1. The van der Waals surface area contributed by atoms with Crippen molar-refractivity contribution in [1.82, 2.24) is 19.4 Å². The Morgan fingerprint density at radius 2 is 2.03 bits per heavy atom. The van der Waals surface area contributed by atoms with Crippen molar-refractivity contribution in [2.45, 2.75) is 18.8 Å². The van der Waals surface area contributed by atoms with Crippen LogP contribution >= 0.6 is 0 Å². The molecule has 1 aliphatic heterocycles. The molecule has 4 heterocycles. The van der Waals surface area contributed by atoms with Crippen LogP contribution < -0.4 is 10.2 Å². The highest BCUT2D eigenvalue weighted by molar-refractivity contribution is 5.89. The molecule has 1 saturated heterocycles. The van der Waals surface area contributed by atoms with Gasteiger partial charge in [0.05, 0.1) is 17.3 Å². The number of imidazole rings is 1. The van der Waals surface area contributed by atoms with Crippen molar-refractivity contribution >= 4 is 22.9 Å². The van der Waals surface area contributed by atoms with Crippen molar-refractivity contribution in [2.75, 3.05) is 37.4 Å². The lowest BCUT2D eigenvalue weighted by atomic mass is 9.97. The number of piperidine rings is 1. The van der Waals surface area contributed by atoms with E-state index in [2.05, 4.69) is 14.9 Å². The monoisotopic (exact) mass is 430 g/mol. The van der Waals surface area contributed by atoms with Crippen LogP contribution in [0.2, 0.25) is 0 Å². The third-order valence-electron chi connectivity index (χ3n) is 5.99. The second kappa shape index (κ2) is 8.37. The van der Waals surface area contributed by atoms with Gasteiger partial charge in [0.1, 0.15) is 17.8 Å². The number of hydrogen-bond acceptors (Lipinski definition) is 5. The molecule has 3 aromatic heterocycles. The summed E-state index contributed by atoms with van der Waals surface area (Å²) in [5, 5.41) is 6.86. The molecule has 32 heavy (non-hydrogen) atoms. The van der Waals surface area contributed by atoms with Gasteiger partial charge in [0.15, 0.2) is 0 Å². The summed E-state index contributed by atoms with van der Waals surface area (Å²) >= 11 is 0. The fourth-order valence-corrected chi connectivity index (χ4v) is 4.30. The second-order valence-electron chi connectivity index (χ2n) is 8.34. The van der Waals surface area contributed by atoms with E-state index in [1.807, 2.05) is 72.6 Å². The zero-order valence-corrected chi connectivity index (χ0v) is 18.2. The maximum Gasteiger partial charge on any atom is 0.321 e. The Balaban J connectivity index is 1.36. The predicted octanol–water partition coefficient (Wildman–Crippen LogP) is 4.47. The topological polar surface area (TPSA) is 78.9 Å². The van der Waals surface area contributed by atoms with E-state index in [1.54, 1.807) is 12.5 Å². The van der Waals surface area contributed by atoms with Gasteiger partial charge in [-0.25, -0.2) is 9.78 Å². The highest BCUT2D eigenvalue weighted by atomic mass is 16.5. The van der Waals surface area contributed by atoms with Gasteiger partial charge >= 0.3 is 6.03 Å². The summed E-state index contributed by atoms with van der Waals surface area (Å²) in [5.41, 5.74) is 4.60. The van der Waals surface area contributed by atoms with E-state index in [1.165, 1.54) is 0 Å². The van der Waals surface area contributed by atoms with Crippen LogP contribution in [0.25, 0.3) is 16.8 Å². The molecule has 0 bridgehead atoms. The van der Waals surface area contributed by atoms with Gasteiger partial charge in [-0.3, -0.25) is 0 Å². The maximum absolute atomic E-state index is 13.0. The number of anilines is 2. The molecule has 1 N–H and O–H groups in total. The summed E-state index contributed by atoms with van der Waals surface area (Å²) in [6.45, 7) is 1.36. The average Bonchev–Trinajstić information content (AvgIpc) is 3.47. The molecular formula is C24H26N6O2. The van der Waals surface area contributed by atoms with Crippen LogP contribution in [0.1, 0.15) is 24.6 Å². The highest BCUT2D eigenvalue weighted by Gasteiger charge is 2.29. The number of carbonyl (C=O) groups excluding carboxylic acids is 1. The minimum Gasteiger partial charge on any atom is -0.378 e. The van der Waals surface area contributed by atoms with Gasteiger partial charge in [-0.2, -0.15) is 0 Å². The second-order valence-corrected chi connectivity index (χ2v) is 8.34. The Labute approximate surface area is 186 Å². The van der Waals surface area contributed by atoms with E-state index in [9.17, 15) is 4.79 Å². The SMILES string of the molecule is CN(C)c1ccc(NC(=O)N2CCC[C@@H](c3nc(-c4cnoc4)c4ccccn34)C2)cc1. The van der Waals surface area contributed by atoms with Crippen molar-refractivity contribution in [3.05, 3.63) is 66.9 Å². The summed E-state index contributed by atoms with van der Waals surface area (Å²) in [5.74, 6) is 1.11. The molecule has 1 fully saturated rings. The molecule has 0 unspecified atom stereocenters. The van der Waals surface area contributed by atoms with Gasteiger partial charge in [-0.05, 0) is 49.2 Å². The van der Waals surface area contributed by atoms with Crippen molar-refractivity contribution in [2.24, 2.45) is 0 Å². The molecule has 8 nitrogen and oxygen atoms in total. The van der Waals surface area contributed by atoms with Crippen LogP contribution in [0.3, 0.4) is 0 Å². The third kappa shape index (κ3) is 3.79. The number of carbonyl (C=O) groups is 1. The van der Waals surface area contributed by atoms with Gasteiger partial charge in [-0.1, -0.05) is 11.2 Å². The fourth-order valence-electron chi connectivity index (χ4n) is 4.30. The van der Waals surface area contributed by atoms with Crippen LogP contribution in [0.15, 0.2) is 65.6 Å². The predicted molar refractivity (Wildman–Crippen MR) is 124 cm³/mol. The molecule has 0 saturated carbocycles. The van der Waals surface area contributed by atoms with Crippen LogP contribution in [-0.2, 0) is 0 Å². The third-order valence-corrected chi connectivity index (χ3v) is 5.99. The van der Waals surface area contributed by atoms with Crippen molar-refractivity contribution < 1.29 is 9.32 Å². The molecule has 1 aliphatic rings. The zero-order valence-electron chi connectivity index (χ0n) is 18.2. The number of aromatic nitrogens is 3. The van der Waals surface area contributed by atoms with Crippen LogP contribution in [0.4, 0.5) is 16.2 Å². The normalized spacial score (nSPS) is 16.3. The molecule has 5 rings (SSSR count). The van der Waals surface area contributed by atoms with E-state index in [0.29, 0.717) is 6.54 Å². The number of likely N-dealkylation sites (tertiary alicyclic amines) is 1. The van der Waals surface area contributed by atoms with Crippen molar-refractivity contribution in [1.29, 1.82) is 0 Å². The van der Waals surface area contributed by atoms with E-state index in [-0.39, 0.29) is 11.9 Å². The molecule has 2 amide bonds. The zero-order chi connectivity index (χ0) is 22.1. The van der Waals surface area contributed by atoms with Gasteiger partial charge in [0.2, 0.25) is 0 Å². The summed E-state index contributed by atoms with van der Waals surface area (Å²) in [6, 6.07) is 13.8. The Morgan fingerprint density at radius 3 is 2.78 bits per heavy atom. The van der Waals surface area contributed by atoms with E-state index in [0.717, 1.165) is 53.4 Å². The highest BCUT2D eigenvalue weighted by Crippen LogP contribution is 2.32. The first kappa shape index (κ1) is 20.1. The molecule has 0 radical (unpaired) electrons. The Hall–Kier alpha value is -3.81. The lowest BCUT2D eigenvalue weighted by Crippen LogP contribution is -2.42. The average molecular weight is 431 g/mol. The number of nitrogens with zero attached hydrogens (tertiary/aromatic N) is 5. The number of hydrogen-bond donors (Lipinski definition) is 1. The van der Waals surface area contributed by atoms with Crippen LogP contribution in [-0.4, -0.2) is 52.7 Å². The summed E-state index contributed by atoms with van der Waals surface area (Å²) < 4.78 is 7.15. The molecule has 8 heteroatoms. The van der Waals surface area contributed by atoms with E-state index >= 15 is 0 Å². The Morgan fingerprint density at radius 1 is 1.19 bits per heavy atom. The van der Waals surface area contributed by atoms with E-state index in [4.69, 9.17) is 9.51 Å². The fraction of sp³-hybridized carbons (Fsp3) is 0.292. The number of pyridine rings is 1. The van der Waals surface area contributed by atoms with Gasteiger partial charge < -0.3 is 24.0 Å². The lowest BCUT2D eigenvalue weighted by molar-refractivity contribution is 0.191. The van der Waals surface area contributed by atoms with Gasteiger partial charge in [0.25, 0.3) is 0 Å². The van der Waals surface area contributed by atoms with E-state index < -0.39 is 0 Å². The number of amides is 2. The summed E-state index contributed by atoms with van der Waals surface area (Å²) in [7, 11) is 3.99. The number of nitrogens with one attached hydrogen (secondary N) is 1. The minimum absolute atomic E-state index is 0.0765. The van der Waals surface area contributed by atoms with Crippen LogP contribution in [0, 0.1) is 0 Å². The summed E-state index contributed by atoms with van der Waals surface area (Å²) in [6.07, 6.45) is 7.24. The minimum atomic E-state index is -0.0765. The molecule has 4 aromatic rings. The quantitative estimate of drug-likeness (QED) is 0.517. The smallest absolute Gasteiger partial charge is 0.321 e. The number of fused-ring (bicyclic) bond motifs is 1. The Bertz CT molecular complexity index is 1210. The first-order valence-electron chi connectivity index (χ1n) is 10.8. The van der Waals surface area contributed by atoms with Gasteiger partial charge in [-0.15, -0.1) is 0 Å². The molecule has 0 spiro atoms. The first-order chi connectivity index (χ1) is 15.6. The molecule has 1 atom stereocenters. The summed E-state index contributed by atoms with van der Waals surface area (Å²) in [4.78, 5) is 21.9. The van der Waals surface area contributed by atoms with Crippen molar-refractivity contribution in [3.63, 3.8) is 0 Å². The number of rotatable bonds is 4. The largest absolute Gasteiger partial charge is 0.378 e. The van der Waals surface area contributed by atoms with Gasteiger partial charge in [0, 0.05) is 50.7 Å². The first-order valence-corrected chi connectivity index (χ1v) is 10.8. The molecule has 0 aliphatic carbocycles. The molecular weight excluding hydrogens is 404 g/mol. The number of benzene rings is 1.